The van der Waals surface area contributed by atoms with Crippen LogP contribution in [0.15, 0.2) is 12.2 Å². The second-order valence-corrected chi connectivity index (χ2v) is 2.13. The van der Waals surface area contributed by atoms with Gasteiger partial charge in [0.2, 0.25) is 0 Å². The summed E-state index contributed by atoms with van der Waals surface area (Å²) in [7, 11) is 0. The summed E-state index contributed by atoms with van der Waals surface area (Å²) < 4.78 is 45.0. The van der Waals surface area contributed by atoms with Crippen LogP contribution in [-0.4, -0.2) is 0 Å². The van der Waals surface area contributed by atoms with Crippen molar-refractivity contribution in [3.05, 3.63) is 52.1 Å². The fourth-order valence-electron chi connectivity index (χ4n) is 0.735. The van der Waals surface area contributed by atoms with Crippen LogP contribution in [0, 0.1) is 57.7 Å². The zero-order chi connectivity index (χ0) is 17.8. The molecule has 1 aliphatic rings. The second kappa shape index (κ2) is 116. The minimum atomic E-state index is 0. The smallest absolute Gasteiger partial charge is 0 e. The molecule has 1 unspecified atom stereocenters. The van der Waals surface area contributed by atoms with E-state index in [2.05, 4.69) is 70.8 Å². The first-order chi connectivity index (χ1) is 9.89. The van der Waals surface area contributed by atoms with E-state index in [9.17, 15) is 0 Å². The maximum atomic E-state index is 7.50. The van der Waals surface area contributed by atoms with E-state index >= 15 is 0 Å². The van der Waals surface area contributed by atoms with Gasteiger partial charge in [-0.15, -0.1) is 0 Å². The summed E-state index contributed by atoms with van der Waals surface area (Å²) in [5.74, 6) is 6.77. The number of hydrogen-bond acceptors (Lipinski definition) is 0. The average molecular weight is 392 g/mol. The summed E-state index contributed by atoms with van der Waals surface area (Å²) >= 11 is 0. The first kappa shape index (κ1) is 49.8. The molecule has 1 rings (SSSR count). The molecule has 6 nitrogen and oxygen atoms in total. The fourth-order valence-corrected chi connectivity index (χ4v) is 0.735. The van der Waals surface area contributed by atoms with Gasteiger partial charge in [-0.2, -0.15) is 0 Å². The quantitative estimate of drug-likeness (QED) is 0.258. The Labute approximate surface area is 151 Å². The van der Waals surface area contributed by atoms with Crippen molar-refractivity contribution in [1.82, 2.24) is 0 Å². The molecule has 0 spiro atoms. The van der Waals surface area contributed by atoms with Crippen LogP contribution in [0.5, 0.6) is 0 Å². The summed E-state index contributed by atoms with van der Waals surface area (Å²) in [6.45, 7) is 29.2. The first-order valence-corrected chi connectivity index (χ1v) is 4.25. The monoisotopic (exact) mass is 392 g/mol. The van der Waals surface area contributed by atoms with E-state index in [1.165, 1.54) is 0 Å². The molecule has 0 aromatic rings. The molecular weight excluding hydrogens is 382 g/mol. The van der Waals surface area contributed by atoms with Crippen molar-refractivity contribution in [3.63, 3.8) is 0 Å². The van der Waals surface area contributed by atoms with Gasteiger partial charge in [-0.05, 0) is 6.42 Å². The Kier molecular flexibility index (Phi) is 262. The third kappa shape index (κ3) is 98.3. The first-order valence-electron chi connectivity index (χ1n) is 4.25. The summed E-state index contributed by atoms with van der Waals surface area (Å²) in [4.78, 5) is 0. The molecule has 0 saturated carbocycles. The maximum absolute atomic E-state index is 7.50. The van der Waals surface area contributed by atoms with Crippen LogP contribution in [0.2, 0.25) is 0 Å². The molecule has 120 valence electrons. The van der Waals surface area contributed by atoms with E-state index in [4.69, 9.17) is 27.9 Å². The molecule has 8 heteroatoms. The maximum Gasteiger partial charge on any atom is 0 e. The van der Waals surface area contributed by atoms with E-state index in [0.29, 0.717) is 5.92 Å². The Morgan fingerprint density at radius 2 is 1.05 bits per heavy atom. The molecule has 22 heavy (non-hydrogen) atoms. The van der Waals surface area contributed by atoms with Crippen LogP contribution in [0.4, 0.5) is 0 Å². The topological polar surface area (TPSA) is 119 Å². The Morgan fingerprint density at radius 1 is 0.727 bits per heavy atom. The Morgan fingerprint density at radius 3 is 1.36 bits per heavy atom. The van der Waals surface area contributed by atoms with E-state index < -0.39 is 0 Å². The van der Waals surface area contributed by atoms with Crippen molar-refractivity contribution in [3.8, 4) is 11.8 Å². The molecule has 0 fully saturated rings. The minimum absolute atomic E-state index is 0. The van der Waals surface area contributed by atoms with Gasteiger partial charge in [0.25, 0.3) is 0 Å². The van der Waals surface area contributed by atoms with Crippen LogP contribution < -0.4 is 0 Å². The van der Waals surface area contributed by atoms with Gasteiger partial charge in [-0.3, -0.25) is 0 Å². The predicted octanol–water partition coefficient (Wildman–Crippen LogP) is 1.75. The summed E-state index contributed by atoms with van der Waals surface area (Å²) in [6.07, 6.45) is 6.41. The second-order valence-electron chi connectivity index (χ2n) is 2.13. The summed E-state index contributed by atoms with van der Waals surface area (Å²) in [5.41, 5.74) is 0. The molecule has 0 heterocycles. The van der Waals surface area contributed by atoms with E-state index in [-0.39, 0.29) is 33.6 Å². The fraction of sp³-hybridized carbons (Fsp3) is 0.286. The summed E-state index contributed by atoms with van der Waals surface area (Å²) in [5, 5.41) is 0. The van der Waals surface area contributed by atoms with Crippen molar-refractivity contribution < 1.29 is 61.5 Å². The van der Waals surface area contributed by atoms with Gasteiger partial charge in [0, 0.05) is 45.9 Å². The zero-order valence-electron chi connectivity index (χ0n) is 11.3. The van der Waals surface area contributed by atoms with Crippen molar-refractivity contribution >= 4 is 0 Å². The van der Waals surface area contributed by atoms with Crippen molar-refractivity contribution in [1.29, 1.82) is 0 Å². The van der Waals surface area contributed by atoms with Crippen molar-refractivity contribution in [2.24, 2.45) is 5.92 Å². The van der Waals surface area contributed by atoms with Gasteiger partial charge in [0.1, 0.15) is 0 Å². The van der Waals surface area contributed by atoms with Crippen LogP contribution in [0.3, 0.4) is 0 Å². The third-order valence-corrected chi connectivity index (χ3v) is 1.22. The van der Waals surface area contributed by atoms with Gasteiger partial charge in [-0.1, -0.05) is 30.9 Å². The largest absolute Gasteiger partial charge is 0 e. The molecule has 2 radical (unpaired) electrons. The SMILES string of the molecule is CC1C#CCC=CC1.[C-]#[O+].[C-]#[O+].[C-]#[O+].[C-]#[O+].[C-]#[O+].[C-]#[O+].[Co].[Co]. The van der Waals surface area contributed by atoms with E-state index in [1.54, 1.807) is 0 Å². The molecule has 0 saturated heterocycles. The minimum Gasteiger partial charge on any atom is 0 e. The number of allylic oxidation sites excluding steroid dienone is 2. The third-order valence-electron chi connectivity index (χ3n) is 1.22. The van der Waals surface area contributed by atoms with Gasteiger partial charge in [0.15, 0.2) is 0 Å². The zero-order valence-corrected chi connectivity index (χ0v) is 13.3. The number of rotatable bonds is 0. The molecule has 1 aliphatic carbocycles. The van der Waals surface area contributed by atoms with Crippen molar-refractivity contribution in [2.45, 2.75) is 19.8 Å². The molecule has 0 aliphatic heterocycles. The van der Waals surface area contributed by atoms with Gasteiger partial charge < -0.3 is 0 Å². The van der Waals surface area contributed by atoms with Gasteiger partial charge in [-0.25, -0.2) is 0 Å². The molecule has 0 amide bonds. The normalized spacial score (nSPS) is 9.95. The standard InChI is InChI=1S/C8H10.6CO.2Co/c1-8-6-4-2-3-5-7-8;6*1-2;;/h2,4,8H,3,6H2,1H3;;;;;;;;. The van der Waals surface area contributed by atoms with Gasteiger partial charge >= 0.3 is 67.8 Å². The molecule has 0 bridgehead atoms. The molecule has 0 N–H and O–H groups in total. The Hall–Kier alpha value is -1.25. The molecule has 1 atom stereocenters. The van der Waals surface area contributed by atoms with Crippen molar-refractivity contribution in [2.75, 3.05) is 0 Å². The molecule has 0 aromatic heterocycles. The average Bonchev–Trinajstić information content (AvgIpc) is 2.86. The molecular formula is C14H10Co2O6. The van der Waals surface area contributed by atoms with Crippen LogP contribution >= 0.6 is 0 Å². The van der Waals surface area contributed by atoms with Crippen LogP contribution in [0.1, 0.15) is 19.8 Å². The van der Waals surface area contributed by atoms with E-state index in [1.807, 2.05) is 0 Å². The Balaban J connectivity index is -0.0000000203. The van der Waals surface area contributed by atoms with Crippen LogP contribution in [0.25, 0.3) is 0 Å². The molecule has 0 aromatic carbocycles. The van der Waals surface area contributed by atoms with Crippen LogP contribution in [-0.2, 0) is 61.5 Å². The Bertz CT molecular complexity index is 319. The van der Waals surface area contributed by atoms with Gasteiger partial charge in [0.05, 0.1) is 0 Å². The number of hydrogen-bond donors (Lipinski definition) is 0. The van der Waals surface area contributed by atoms with E-state index in [0.717, 1.165) is 12.8 Å². The predicted molar refractivity (Wildman–Crippen MR) is 58.9 cm³/mol. The summed E-state index contributed by atoms with van der Waals surface area (Å²) in [6, 6.07) is 0.